The van der Waals surface area contributed by atoms with Crippen LogP contribution in [0.4, 0.5) is 4.79 Å². The van der Waals surface area contributed by atoms with E-state index < -0.39 is 0 Å². The van der Waals surface area contributed by atoms with Crippen LogP contribution in [0.15, 0.2) is 46.3 Å². The van der Waals surface area contributed by atoms with Crippen molar-refractivity contribution in [3.8, 4) is 0 Å². The highest BCUT2D eigenvalue weighted by Crippen LogP contribution is 2.69. The maximum atomic E-state index is 12.5. The number of ketones is 1. The monoisotopic (exact) mass is 644 g/mol. The zero-order valence-corrected chi connectivity index (χ0v) is 29.8. The Labute approximate surface area is 283 Å². The van der Waals surface area contributed by atoms with Crippen molar-refractivity contribution in [2.24, 2.45) is 34.0 Å². The summed E-state index contributed by atoms with van der Waals surface area (Å²) < 4.78 is 0. The smallest absolute Gasteiger partial charge is 0.324 e. The zero-order valence-electron chi connectivity index (χ0n) is 29.8. The number of aliphatic hydroxyl groups is 1. The van der Waals surface area contributed by atoms with Gasteiger partial charge in [-0.05, 0) is 117 Å². The largest absolute Gasteiger partial charge is 0.504 e. The Morgan fingerprint density at radius 1 is 0.894 bits per heavy atom. The zero-order chi connectivity index (χ0) is 33.6. The quantitative estimate of drug-likeness (QED) is 0.300. The number of hydrogen-bond donors (Lipinski definition) is 2. The van der Waals surface area contributed by atoms with Crippen LogP contribution in [0.25, 0.3) is 0 Å². The van der Waals surface area contributed by atoms with Crippen molar-refractivity contribution in [3.63, 3.8) is 0 Å². The second-order valence-electron chi connectivity index (χ2n) is 17.2. The summed E-state index contributed by atoms with van der Waals surface area (Å²) in [5.74, 6) is 2.13. The molecule has 0 aromatic rings. The number of rotatable bonds is 3. The molecule has 0 radical (unpaired) electrons. The third-order valence-electron chi connectivity index (χ3n) is 14.3. The van der Waals surface area contributed by atoms with Crippen LogP contribution in [0, 0.1) is 34.0 Å². The fraction of sp³-hybridized carbons (Fsp3) is 0.732. The van der Waals surface area contributed by atoms with Crippen molar-refractivity contribution >= 4 is 18.2 Å². The lowest BCUT2D eigenvalue weighted by Gasteiger charge is -2.64. The van der Waals surface area contributed by atoms with E-state index in [0.29, 0.717) is 11.8 Å². The molecule has 7 rings (SSSR count). The van der Waals surface area contributed by atoms with Gasteiger partial charge in [-0.15, -0.1) is 0 Å². The first-order valence-corrected chi connectivity index (χ1v) is 19.1. The first-order valence-electron chi connectivity index (χ1n) is 19.1. The van der Waals surface area contributed by atoms with E-state index in [1.807, 2.05) is 6.92 Å². The Morgan fingerprint density at radius 3 is 2.26 bits per heavy atom. The van der Waals surface area contributed by atoms with Crippen LogP contribution in [0.5, 0.6) is 0 Å². The number of hydrogen-bond acceptors (Lipinski definition) is 4. The summed E-state index contributed by atoms with van der Waals surface area (Å²) in [6, 6.07) is 0.223. The van der Waals surface area contributed by atoms with Gasteiger partial charge in [0.2, 0.25) is 12.2 Å². The van der Waals surface area contributed by atoms with Gasteiger partial charge < -0.3 is 10.4 Å². The Bertz CT molecular complexity index is 1380. The van der Waals surface area contributed by atoms with Gasteiger partial charge in [0.05, 0.1) is 0 Å². The molecule has 6 nitrogen and oxygen atoms in total. The van der Waals surface area contributed by atoms with Crippen LogP contribution in [-0.4, -0.2) is 40.3 Å². The van der Waals surface area contributed by atoms with Crippen molar-refractivity contribution < 1.29 is 19.5 Å². The van der Waals surface area contributed by atoms with E-state index in [9.17, 15) is 19.5 Å². The van der Waals surface area contributed by atoms with Gasteiger partial charge in [-0.2, -0.15) is 0 Å². The molecule has 0 saturated heterocycles. The second-order valence-corrected chi connectivity index (χ2v) is 17.2. The van der Waals surface area contributed by atoms with E-state index in [1.165, 1.54) is 69.1 Å². The maximum absolute atomic E-state index is 12.5. The number of amides is 3. The van der Waals surface area contributed by atoms with Crippen molar-refractivity contribution in [3.05, 3.63) is 46.3 Å². The molecule has 6 heteroatoms. The topological polar surface area (TPSA) is 86.7 Å². The van der Waals surface area contributed by atoms with E-state index in [2.05, 4.69) is 45.2 Å². The van der Waals surface area contributed by atoms with E-state index >= 15 is 0 Å². The number of urea groups is 1. The lowest BCUT2D eigenvalue weighted by Crippen LogP contribution is -2.55. The fourth-order valence-electron chi connectivity index (χ4n) is 11.2. The molecule has 3 amide bonds. The molecule has 7 aliphatic rings. The summed E-state index contributed by atoms with van der Waals surface area (Å²) in [6.07, 6.45) is 27.4. The van der Waals surface area contributed by atoms with Gasteiger partial charge >= 0.3 is 6.03 Å². The molecule has 0 bridgehead atoms. The number of nitrogens with zero attached hydrogens (tertiary/aromatic N) is 1. The molecule has 2 N–H and O–H groups in total. The molecule has 0 aromatic carbocycles. The molecule has 7 aliphatic carbocycles. The molecule has 0 spiro atoms. The van der Waals surface area contributed by atoms with E-state index in [1.54, 1.807) is 11.6 Å². The van der Waals surface area contributed by atoms with Gasteiger partial charge in [0, 0.05) is 23.1 Å². The predicted octanol–water partition coefficient (Wildman–Crippen LogP) is 9.67. The molecule has 0 heterocycles. The van der Waals surface area contributed by atoms with Gasteiger partial charge in [0.1, 0.15) is 0 Å². The van der Waals surface area contributed by atoms with Gasteiger partial charge in [0.25, 0.3) is 0 Å². The maximum Gasteiger partial charge on any atom is 0.324 e. The standard InChI is InChI=1S/C27H36O2.C14H24N2O2/c1-16-8-10-25(3)12-13-27(5)19(21(25)14-16)9-11-26(4)20-15-22(28)24(29)17(2)18(20)6-7-23(26)27;17-11-16(13-9-5-2-6-10-13)14(18)15-12-7-3-1-4-8-12/h6-7,15-16,19,21,29H,8-14H2,1-5H3;11-13H,1-10H2,(H,15,18). The number of fused-ring (bicyclic) bond motifs is 7. The highest BCUT2D eigenvalue weighted by Gasteiger charge is 2.60. The predicted molar refractivity (Wildman–Crippen MR) is 188 cm³/mol. The van der Waals surface area contributed by atoms with Gasteiger partial charge in [-0.25, -0.2) is 4.79 Å². The van der Waals surface area contributed by atoms with Crippen LogP contribution < -0.4 is 5.32 Å². The summed E-state index contributed by atoms with van der Waals surface area (Å²) in [4.78, 5) is 37.1. The van der Waals surface area contributed by atoms with E-state index in [4.69, 9.17) is 0 Å². The van der Waals surface area contributed by atoms with Crippen LogP contribution in [0.2, 0.25) is 0 Å². The van der Waals surface area contributed by atoms with Crippen molar-refractivity contribution in [2.75, 3.05) is 0 Å². The minimum absolute atomic E-state index is 0.0787. The van der Waals surface area contributed by atoms with E-state index in [0.717, 1.165) is 79.4 Å². The Kier molecular flexibility index (Phi) is 9.73. The van der Waals surface area contributed by atoms with E-state index in [-0.39, 0.29) is 40.5 Å². The molecule has 47 heavy (non-hydrogen) atoms. The van der Waals surface area contributed by atoms with Crippen LogP contribution >= 0.6 is 0 Å². The van der Waals surface area contributed by atoms with Crippen LogP contribution in [0.3, 0.4) is 0 Å². The SMILES string of the molecule is CC1=C(O)C(=O)C=C2C1=CC=C1C2(C)CCC2C3CC(C)CCC3(C)CCC12C.O=CN(C(=O)NC1CCCCC1)C1CCCCC1. The molecule has 5 fully saturated rings. The number of imide groups is 1. The third-order valence-corrected chi connectivity index (χ3v) is 14.3. The number of aliphatic hydroxyl groups excluding tert-OH is 1. The van der Waals surface area contributed by atoms with Gasteiger partial charge in [0.15, 0.2) is 5.76 Å². The summed E-state index contributed by atoms with van der Waals surface area (Å²) in [6.45, 7) is 11.8. The Hall–Kier alpha value is -2.63. The third kappa shape index (κ3) is 6.21. The Balaban J connectivity index is 0.000000185. The lowest BCUT2D eigenvalue weighted by atomic mass is 9.40. The fourth-order valence-corrected chi connectivity index (χ4v) is 11.2. The molecule has 0 aromatic heterocycles. The number of allylic oxidation sites excluding steroid dienone is 7. The highest BCUT2D eigenvalue weighted by molar-refractivity contribution is 6.06. The number of carbonyl (C=O) groups is 3. The minimum Gasteiger partial charge on any atom is -0.504 e. The van der Waals surface area contributed by atoms with Crippen LogP contribution in [-0.2, 0) is 9.59 Å². The molecule has 0 aliphatic heterocycles. The highest BCUT2D eigenvalue weighted by atomic mass is 16.3. The van der Waals surface area contributed by atoms with Gasteiger partial charge in [-0.1, -0.05) is 90.4 Å². The average molecular weight is 645 g/mol. The normalized spacial score (nSPS) is 37.3. The van der Waals surface area contributed by atoms with Crippen molar-refractivity contribution in [2.45, 2.75) is 156 Å². The summed E-state index contributed by atoms with van der Waals surface area (Å²) in [7, 11) is 0. The molecule has 6 unspecified atom stereocenters. The Morgan fingerprint density at radius 2 is 1.57 bits per heavy atom. The molecular weight excluding hydrogens is 584 g/mol. The number of carbonyl (C=O) groups excluding carboxylic acids is 3. The molecular formula is C41H60N2O4. The number of nitrogens with one attached hydrogen (secondary N) is 1. The molecule has 6 atom stereocenters. The molecule has 5 saturated carbocycles. The summed E-state index contributed by atoms with van der Waals surface area (Å²) in [5, 5.41) is 13.2. The molecule has 258 valence electrons. The first kappa shape index (κ1) is 34.2. The summed E-state index contributed by atoms with van der Waals surface area (Å²) in [5.41, 5.74) is 5.18. The first-order chi connectivity index (χ1) is 22.4. The minimum atomic E-state index is -0.221. The second kappa shape index (κ2) is 13.3. The lowest BCUT2D eigenvalue weighted by molar-refractivity contribution is -0.117. The summed E-state index contributed by atoms with van der Waals surface area (Å²) >= 11 is 0. The van der Waals surface area contributed by atoms with Gasteiger partial charge in [-0.3, -0.25) is 14.5 Å². The average Bonchev–Trinajstić information content (AvgIpc) is 3.06. The van der Waals surface area contributed by atoms with Crippen molar-refractivity contribution in [1.29, 1.82) is 0 Å². The van der Waals surface area contributed by atoms with Crippen molar-refractivity contribution in [1.82, 2.24) is 10.2 Å². The van der Waals surface area contributed by atoms with Crippen LogP contribution in [0.1, 0.15) is 144 Å².